The highest BCUT2D eigenvalue weighted by atomic mass is 32.2. The van der Waals surface area contributed by atoms with Crippen molar-refractivity contribution in [3.8, 4) is 0 Å². The van der Waals surface area contributed by atoms with Gasteiger partial charge in [-0.1, -0.05) is 0 Å². The van der Waals surface area contributed by atoms with E-state index in [1.165, 1.54) is 6.20 Å². The Labute approximate surface area is 113 Å². The monoisotopic (exact) mass is 288 g/mol. The number of nitrogens with zero attached hydrogens (tertiary/aromatic N) is 2. The highest BCUT2D eigenvalue weighted by Crippen LogP contribution is 2.07. The number of carbonyl (C=O) groups excluding carboxylic acids is 1. The Morgan fingerprint density at radius 1 is 1.53 bits per heavy atom. The molecular formula is C11H20N4O3S. The summed E-state index contributed by atoms with van der Waals surface area (Å²) in [4.78, 5) is 11.9. The maximum Gasteiger partial charge on any atom is 0.254 e. The lowest BCUT2D eigenvalue weighted by molar-refractivity contribution is 0.0955. The van der Waals surface area contributed by atoms with Gasteiger partial charge in [-0.2, -0.15) is 5.10 Å². The Morgan fingerprint density at radius 2 is 2.21 bits per heavy atom. The standard InChI is InChI=1S/C11H20N4O3S/c1-9-10(8-14-15(9)6-3-4-12)11(16)13-5-7-19(2,17)18/h8H,3-7,12H2,1-2H3,(H,13,16). The molecule has 0 bridgehead atoms. The third kappa shape index (κ3) is 4.99. The lowest BCUT2D eigenvalue weighted by Gasteiger charge is -2.05. The van der Waals surface area contributed by atoms with Gasteiger partial charge >= 0.3 is 0 Å². The van der Waals surface area contributed by atoms with Crippen LogP contribution in [0.15, 0.2) is 6.20 Å². The van der Waals surface area contributed by atoms with Crippen molar-refractivity contribution in [1.82, 2.24) is 15.1 Å². The van der Waals surface area contributed by atoms with Gasteiger partial charge in [-0.3, -0.25) is 9.48 Å². The van der Waals surface area contributed by atoms with Crippen molar-refractivity contribution in [3.63, 3.8) is 0 Å². The van der Waals surface area contributed by atoms with Crippen LogP contribution in [0.25, 0.3) is 0 Å². The summed E-state index contributed by atoms with van der Waals surface area (Å²) in [6.45, 7) is 3.13. The summed E-state index contributed by atoms with van der Waals surface area (Å²) < 4.78 is 23.6. The van der Waals surface area contributed by atoms with E-state index >= 15 is 0 Å². The number of amides is 1. The van der Waals surface area contributed by atoms with E-state index in [-0.39, 0.29) is 18.2 Å². The first-order valence-electron chi connectivity index (χ1n) is 6.03. The van der Waals surface area contributed by atoms with Gasteiger partial charge in [0.2, 0.25) is 0 Å². The van der Waals surface area contributed by atoms with Crippen LogP contribution in [0.4, 0.5) is 0 Å². The van der Waals surface area contributed by atoms with Gasteiger partial charge < -0.3 is 11.1 Å². The van der Waals surface area contributed by atoms with Gasteiger partial charge in [-0.25, -0.2) is 8.42 Å². The quantitative estimate of drug-likeness (QED) is 0.691. The zero-order valence-corrected chi connectivity index (χ0v) is 12.0. The number of nitrogens with one attached hydrogen (secondary N) is 1. The Balaban J connectivity index is 2.60. The second-order valence-electron chi connectivity index (χ2n) is 4.39. The molecule has 0 saturated carbocycles. The van der Waals surface area contributed by atoms with E-state index in [2.05, 4.69) is 10.4 Å². The average Bonchev–Trinajstić information content (AvgIpc) is 2.66. The summed E-state index contributed by atoms with van der Waals surface area (Å²) in [5, 5.41) is 6.68. The summed E-state index contributed by atoms with van der Waals surface area (Å²) in [5.41, 5.74) is 6.64. The molecular weight excluding hydrogens is 268 g/mol. The summed E-state index contributed by atoms with van der Waals surface area (Å²) in [7, 11) is -3.07. The number of nitrogens with two attached hydrogens (primary N) is 1. The molecule has 0 fully saturated rings. The van der Waals surface area contributed by atoms with Crippen LogP contribution in [0.5, 0.6) is 0 Å². The van der Waals surface area contributed by atoms with Crippen molar-refractivity contribution in [2.45, 2.75) is 19.9 Å². The van der Waals surface area contributed by atoms with Gasteiger partial charge in [0, 0.05) is 25.0 Å². The first-order chi connectivity index (χ1) is 8.85. The molecule has 0 aliphatic heterocycles. The average molecular weight is 288 g/mol. The Bertz CT molecular complexity index is 536. The Kier molecular flexibility index (Phi) is 5.49. The molecule has 1 amide bonds. The van der Waals surface area contributed by atoms with Gasteiger partial charge in [0.15, 0.2) is 0 Å². The van der Waals surface area contributed by atoms with Crippen LogP contribution in [-0.4, -0.2) is 49.2 Å². The van der Waals surface area contributed by atoms with Crippen molar-refractivity contribution in [2.75, 3.05) is 25.1 Å². The summed E-state index contributed by atoms with van der Waals surface area (Å²) in [6, 6.07) is 0. The van der Waals surface area contributed by atoms with Crippen molar-refractivity contribution >= 4 is 15.7 Å². The number of hydrogen-bond acceptors (Lipinski definition) is 5. The highest BCUT2D eigenvalue weighted by Gasteiger charge is 2.14. The largest absolute Gasteiger partial charge is 0.351 e. The lowest BCUT2D eigenvalue weighted by Crippen LogP contribution is -2.29. The third-order valence-electron chi connectivity index (χ3n) is 2.68. The Morgan fingerprint density at radius 3 is 2.79 bits per heavy atom. The number of aromatic nitrogens is 2. The summed E-state index contributed by atoms with van der Waals surface area (Å²) in [6.07, 6.45) is 3.41. The zero-order valence-electron chi connectivity index (χ0n) is 11.2. The molecule has 0 aromatic carbocycles. The molecule has 0 radical (unpaired) electrons. The maximum absolute atomic E-state index is 11.9. The van der Waals surface area contributed by atoms with E-state index < -0.39 is 9.84 Å². The van der Waals surface area contributed by atoms with E-state index in [4.69, 9.17) is 5.73 Å². The molecule has 1 aromatic rings. The minimum atomic E-state index is -3.07. The molecule has 1 rings (SSSR count). The lowest BCUT2D eigenvalue weighted by atomic mass is 10.2. The number of rotatable bonds is 7. The van der Waals surface area contributed by atoms with Crippen LogP contribution < -0.4 is 11.1 Å². The van der Waals surface area contributed by atoms with Crippen molar-refractivity contribution in [3.05, 3.63) is 17.5 Å². The molecule has 7 nitrogen and oxygen atoms in total. The number of carbonyl (C=O) groups is 1. The molecule has 0 spiro atoms. The smallest absolute Gasteiger partial charge is 0.254 e. The minimum absolute atomic E-state index is 0.0703. The number of hydrogen-bond donors (Lipinski definition) is 2. The molecule has 19 heavy (non-hydrogen) atoms. The van der Waals surface area contributed by atoms with Crippen molar-refractivity contribution < 1.29 is 13.2 Å². The fraction of sp³-hybridized carbons (Fsp3) is 0.636. The zero-order chi connectivity index (χ0) is 14.5. The van der Waals surface area contributed by atoms with Gasteiger partial charge in [0.1, 0.15) is 9.84 Å². The highest BCUT2D eigenvalue weighted by molar-refractivity contribution is 7.90. The topological polar surface area (TPSA) is 107 Å². The van der Waals surface area contributed by atoms with E-state index in [1.54, 1.807) is 11.6 Å². The molecule has 0 unspecified atom stereocenters. The van der Waals surface area contributed by atoms with E-state index in [0.29, 0.717) is 18.7 Å². The summed E-state index contributed by atoms with van der Waals surface area (Å²) >= 11 is 0. The van der Waals surface area contributed by atoms with Crippen LogP contribution in [0, 0.1) is 6.92 Å². The predicted octanol–water partition coefficient (Wildman–Crippen LogP) is -0.685. The molecule has 0 aliphatic rings. The van der Waals surface area contributed by atoms with Gasteiger partial charge in [0.25, 0.3) is 5.91 Å². The van der Waals surface area contributed by atoms with Crippen LogP contribution in [0.1, 0.15) is 22.5 Å². The minimum Gasteiger partial charge on any atom is -0.351 e. The molecule has 0 atom stereocenters. The Hall–Kier alpha value is -1.41. The second kappa shape index (κ2) is 6.67. The van der Waals surface area contributed by atoms with Crippen LogP contribution in [-0.2, 0) is 16.4 Å². The molecule has 1 aromatic heterocycles. The van der Waals surface area contributed by atoms with E-state index in [0.717, 1.165) is 18.4 Å². The van der Waals surface area contributed by atoms with Gasteiger partial charge in [-0.15, -0.1) is 0 Å². The maximum atomic E-state index is 11.9. The fourth-order valence-electron chi connectivity index (χ4n) is 1.58. The second-order valence-corrected chi connectivity index (χ2v) is 6.65. The molecule has 8 heteroatoms. The molecule has 0 saturated heterocycles. The van der Waals surface area contributed by atoms with Crippen molar-refractivity contribution in [2.24, 2.45) is 5.73 Å². The molecule has 3 N–H and O–H groups in total. The van der Waals surface area contributed by atoms with Crippen molar-refractivity contribution in [1.29, 1.82) is 0 Å². The van der Waals surface area contributed by atoms with Gasteiger partial charge in [-0.05, 0) is 19.9 Å². The van der Waals surface area contributed by atoms with E-state index in [1.807, 2.05) is 0 Å². The van der Waals surface area contributed by atoms with Crippen LogP contribution in [0.3, 0.4) is 0 Å². The SMILES string of the molecule is Cc1c(C(=O)NCCS(C)(=O)=O)cnn1CCCN. The molecule has 1 heterocycles. The predicted molar refractivity (Wildman–Crippen MR) is 72.7 cm³/mol. The third-order valence-corrected chi connectivity index (χ3v) is 3.63. The first kappa shape index (κ1) is 15.6. The van der Waals surface area contributed by atoms with E-state index in [9.17, 15) is 13.2 Å². The van der Waals surface area contributed by atoms with Gasteiger partial charge in [0.05, 0.1) is 17.5 Å². The van der Waals surface area contributed by atoms with Crippen LogP contribution in [0.2, 0.25) is 0 Å². The normalized spacial score (nSPS) is 11.5. The number of aryl methyl sites for hydroxylation is 1. The first-order valence-corrected chi connectivity index (χ1v) is 8.09. The van der Waals surface area contributed by atoms with Crippen LogP contribution >= 0.6 is 0 Å². The number of sulfone groups is 1. The molecule has 0 aliphatic carbocycles. The summed E-state index contributed by atoms with van der Waals surface area (Å²) in [5.74, 6) is -0.376. The fourth-order valence-corrected chi connectivity index (χ4v) is 2.05. The molecule has 108 valence electrons.